The Morgan fingerprint density at radius 3 is 2.91 bits per heavy atom. The van der Waals surface area contributed by atoms with E-state index in [1.54, 1.807) is 36.8 Å². The van der Waals surface area contributed by atoms with Crippen molar-refractivity contribution in [1.29, 1.82) is 0 Å². The van der Waals surface area contributed by atoms with Crippen molar-refractivity contribution in [2.24, 2.45) is 0 Å². The van der Waals surface area contributed by atoms with E-state index in [0.717, 1.165) is 0 Å². The second-order valence-corrected chi connectivity index (χ2v) is 9.58. The Bertz CT molecular complexity index is 1220. The first-order valence-electron chi connectivity index (χ1n) is 10.1. The molecule has 0 aromatic carbocycles. The van der Waals surface area contributed by atoms with Gasteiger partial charge in [-0.2, -0.15) is 9.97 Å². The van der Waals surface area contributed by atoms with Crippen LogP contribution in [0.15, 0.2) is 36.8 Å². The number of hydrogen-bond donors (Lipinski definition) is 4. The number of aromatic nitrogens is 4. The molecule has 0 aliphatic carbocycles. The van der Waals surface area contributed by atoms with Gasteiger partial charge < -0.3 is 31.0 Å². The van der Waals surface area contributed by atoms with Crippen LogP contribution in [0.25, 0.3) is 11.0 Å². The number of hydrogen-bond acceptors (Lipinski definition) is 12. The quantitative estimate of drug-likeness (QED) is 0.393. The number of phosphoric ester groups is 1. The first-order valence-corrected chi connectivity index (χ1v) is 11.6. The molecule has 33 heavy (non-hydrogen) atoms. The van der Waals surface area contributed by atoms with E-state index in [1.807, 2.05) is 0 Å². The highest BCUT2D eigenvalue weighted by Crippen LogP contribution is 2.59. The van der Waals surface area contributed by atoms with Crippen LogP contribution in [-0.2, 0) is 22.9 Å². The van der Waals surface area contributed by atoms with Crippen molar-refractivity contribution < 1.29 is 33.1 Å². The zero-order valence-corrected chi connectivity index (χ0v) is 18.4. The topological polar surface area (TPSA) is 190 Å². The molecule has 0 radical (unpaired) electrons. The van der Waals surface area contributed by atoms with Gasteiger partial charge in [0.1, 0.15) is 23.2 Å². The Balaban J connectivity index is 1.40. The fourth-order valence-corrected chi connectivity index (χ4v) is 5.40. The van der Waals surface area contributed by atoms with Gasteiger partial charge in [0.25, 0.3) is 0 Å². The molecule has 2 fully saturated rings. The molecule has 0 bridgehead atoms. The van der Waals surface area contributed by atoms with Crippen molar-refractivity contribution >= 4 is 30.6 Å². The van der Waals surface area contributed by atoms with Crippen LogP contribution in [0.4, 0.5) is 11.8 Å². The Morgan fingerprint density at radius 1 is 1.33 bits per heavy atom. The summed E-state index contributed by atoms with van der Waals surface area (Å²) in [6, 6.07) is 5.14. The minimum absolute atomic E-state index is 0.0687. The number of ether oxygens (including phenoxy) is 1. The van der Waals surface area contributed by atoms with Gasteiger partial charge in [0.15, 0.2) is 6.23 Å². The molecule has 0 saturated carbocycles. The maximum absolute atomic E-state index is 13.2. The van der Waals surface area contributed by atoms with Crippen molar-refractivity contribution in [1.82, 2.24) is 19.5 Å². The number of pyridine rings is 1. The number of anilines is 2. The fourth-order valence-electron chi connectivity index (χ4n) is 3.94. The van der Waals surface area contributed by atoms with Crippen LogP contribution in [0.5, 0.6) is 0 Å². The standard InChI is InChI=1S/C19H23N6O7P/c1-19(27)13(26)16(30-17(19)25-7-4-11-14(20)23-18(21)24-15(11)25)32-33(28)29-8-5-12(31-33)10-3-2-6-22-9-10/h2-4,6-7,9,12-13,16-17,26-27H,5,8H2,1H3,(H4,20,21,23,24)/t12-,13+,16?,17+,19+,33-/m0/s1. The van der Waals surface area contributed by atoms with Crippen LogP contribution in [0.2, 0.25) is 0 Å². The van der Waals surface area contributed by atoms with E-state index >= 15 is 0 Å². The zero-order valence-electron chi connectivity index (χ0n) is 17.5. The summed E-state index contributed by atoms with van der Waals surface area (Å²) >= 11 is 0. The van der Waals surface area contributed by atoms with Gasteiger partial charge in [0.2, 0.25) is 12.2 Å². The smallest absolute Gasteiger partial charge is 0.385 e. The molecular weight excluding hydrogens is 455 g/mol. The van der Waals surface area contributed by atoms with Crippen LogP contribution >= 0.6 is 7.82 Å². The van der Waals surface area contributed by atoms with Gasteiger partial charge in [0, 0.05) is 25.0 Å². The van der Waals surface area contributed by atoms with E-state index in [-0.39, 0.29) is 24.0 Å². The number of nitrogen functional groups attached to an aromatic ring is 2. The molecule has 3 aromatic rings. The summed E-state index contributed by atoms with van der Waals surface area (Å²) in [6.07, 6.45) is 0.298. The number of nitrogens with zero attached hydrogens (tertiary/aromatic N) is 4. The number of aliphatic hydroxyl groups excluding tert-OH is 1. The van der Waals surface area contributed by atoms with Gasteiger partial charge >= 0.3 is 7.82 Å². The molecule has 1 unspecified atom stereocenters. The minimum Gasteiger partial charge on any atom is -0.385 e. The molecule has 3 aromatic heterocycles. The van der Waals surface area contributed by atoms with Gasteiger partial charge in [-0.25, -0.2) is 4.57 Å². The summed E-state index contributed by atoms with van der Waals surface area (Å²) in [7, 11) is -4.14. The van der Waals surface area contributed by atoms with Crippen LogP contribution in [0.3, 0.4) is 0 Å². The highest BCUT2D eigenvalue weighted by molar-refractivity contribution is 7.48. The summed E-state index contributed by atoms with van der Waals surface area (Å²) in [5, 5.41) is 22.3. The van der Waals surface area contributed by atoms with E-state index in [9.17, 15) is 14.8 Å². The van der Waals surface area contributed by atoms with E-state index in [4.69, 9.17) is 29.8 Å². The van der Waals surface area contributed by atoms with Gasteiger partial charge in [-0.1, -0.05) is 6.07 Å². The Labute approximate surface area is 187 Å². The summed E-state index contributed by atoms with van der Waals surface area (Å²) in [5.74, 6) is 0.0814. The minimum atomic E-state index is -4.14. The van der Waals surface area contributed by atoms with E-state index < -0.39 is 38.1 Å². The van der Waals surface area contributed by atoms with Crippen molar-refractivity contribution in [3.8, 4) is 0 Å². The lowest BCUT2D eigenvalue weighted by Gasteiger charge is -2.31. The lowest BCUT2D eigenvalue weighted by molar-refractivity contribution is -0.145. The van der Waals surface area contributed by atoms with Crippen LogP contribution in [0, 0.1) is 0 Å². The molecule has 2 saturated heterocycles. The summed E-state index contributed by atoms with van der Waals surface area (Å²) in [5.41, 5.74) is 10.7. The largest absolute Gasteiger partial charge is 0.477 e. The first kappa shape index (κ1) is 22.2. The van der Waals surface area contributed by atoms with Gasteiger partial charge in [0.05, 0.1) is 18.1 Å². The molecule has 2 aliphatic rings. The molecule has 14 heteroatoms. The van der Waals surface area contributed by atoms with Crippen LogP contribution in [-0.4, -0.2) is 54.3 Å². The third-order valence-corrected chi connectivity index (χ3v) is 7.14. The monoisotopic (exact) mass is 478 g/mol. The number of nitrogens with two attached hydrogens (primary N) is 2. The normalized spacial score (nSPS) is 34.6. The predicted octanol–water partition coefficient (Wildman–Crippen LogP) is 1.26. The summed E-state index contributed by atoms with van der Waals surface area (Å²) < 4.78 is 36.8. The van der Waals surface area contributed by atoms with Crippen LogP contribution < -0.4 is 11.5 Å². The highest BCUT2D eigenvalue weighted by atomic mass is 31.2. The maximum Gasteiger partial charge on any atom is 0.477 e. The Kier molecular flexibility index (Phi) is 5.37. The van der Waals surface area contributed by atoms with Crippen molar-refractivity contribution in [2.75, 3.05) is 18.1 Å². The molecule has 0 amide bonds. The lowest BCUT2D eigenvalue weighted by Crippen LogP contribution is -2.44. The SMILES string of the molecule is C[C@@]1(O)[C@H](O)C(O[P@@]2(=O)OCC[C@@H](c3cccnc3)O2)O[C@H]1n1ccc2c(N)nc(N)nc21. The Morgan fingerprint density at radius 2 is 2.15 bits per heavy atom. The van der Waals surface area contributed by atoms with Crippen molar-refractivity contribution in [3.05, 3.63) is 42.4 Å². The second kappa shape index (κ2) is 7.99. The van der Waals surface area contributed by atoms with Crippen LogP contribution in [0.1, 0.15) is 31.2 Å². The first-order chi connectivity index (χ1) is 15.7. The molecular formula is C19H23N6O7P. The molecule has 176 valence electrons. The van der Waals surface area contributed by atoms with Crippen molar-refractivity contribution in [2.45, 2.75) is 43.7 Å². The molecule has 13 nitrogen and oxygen atoms in total. The van der Waals surface area contributed by atoms with Crippen molar-refractivity contribution in [3.63, 3.8) is 0 Å². The van der Waals surface area contributed by atoms with E-state index in [1.165, 1.54) is 11.5 Å². The van der Waals surface area contributed by atoms with E-state index in [0.29, 0.717) is 17.4 Å². The van der Waals surface area contributed by atoms with Gasteiger partial charge in [-0.15, -0.1) is 0 Å². The third kappa shape index (κ3) is 3.87. The highest BCUT2D eigenvalue weighted by Gasteiger charge is 2.56. The zero-order chi connectivity index (χ0) is 23.4. The molecule has 2 aliphatic heterocycles. The van der Waals surface area contributed by atoms with Gasteiger partial charge in [-0.3, -0.25) is 18.6 Å². The number of fused-ring (bicyclic) bond motifs is 1. The van der Waals surface area contributed by atoms with E-state index in [2.05, 4.69) is 15.0 Å². The molecule has 5 rings (SSSR count). The molecule has 0 spiro atoms. The maximum atomic E-state index is 13.2. The lowest BCUT2D eigenvalue weighted by atomic mass is 9.99. The Hall–Kier alpha value is -2.64. The summed E-state index contributed by atoms with van der Waals surface area (Å²) in [4.78, 5) is 12.1. The average Bonchev–Trinajstić information content (AvgIpc) is 3.28. The average molecular weight is 478 g/mol. The molecule has 5 heterocycles. The molecule has 6 N–H and O–H groups in total. The predicted molar refractivity (Wildman–Crippen MR) is 114 cm³/mol. The second-order valence-electron chi connectivity index (χ2n) is 8.01. The van der Waals surface area contributed by atoms with Gasteiger partial charge in [-0.05, 0) is 24.6 Å². The molecule has 6 atom stereocenters. The summed E-state index contributed by atoms with van der Waals surface area (Å²) in [6.45, 7) is 1.44. The third-order valence-electron chi connectivity index (χ3n) is 5.67. The number of rotatable bonds is 4. The number of aliphatic hydroxyl groups is 2. The fraction of sp³-hybridized carbons (Fsp3) is 0.421. The number of phosphoric acid groups is 1.